The highest BCUT2D eigenvalue weighted by atomic mass is 16.6. The third-order valence-corrected chi connectivity index (χ3v) is 2.39. The van der Waals surface area contributed by atoms with Gasteiger partial charge in [-0.05, 0) is 12.5 Å². The van der Waals surface area contributed by atoms with Gasteiger partial charge in [0.2, 0.25) is 0 Å². The number of nitrogens with one attached hydrogen (secondary N) is 1. The van der Waals surface area contributed by atoms with Gasteiger partial charge in [-0.25, -0.2) is 0 Å². The van der Waals surface area contributed by atoms with Crippen LogP contribution in [0.15, 0.2) is 35.1 Å². The molecule has 1 aromatic heterocycles. The van der Waals surface area contributed by atoms with E-state index < -0.39 is 4.92 Å². The van der Waals surface area contributed by atoms with Crippen molar-refractivity contribution < 1.29 is 9.45 Å². The van der Waals surface area contributed by atoms with E-state index in [4.69, 9.17) is 0 Å². The van der Waals surface area contributed by atoms with Crippen LogP contribution in [0, 0.1) is 17.0 Å². The van der Waals surface area contributed by atoms with E-state index in [9.17, 15) is 10.1 Å². The highest BCUT2D eigenvalue weighted by Gasteiger charge is 2.15. The van der Waals surface area contributed by atoms with Gasteiger partial charge in [0.15, 0.2) is 0 Å². The largest absolute Gasteiger partial charge is 0.373 e. The fourth-order valence-electron chi connectivity index (χ4n) is 1.54. The highest BCUT2D eigenvalue weighted by Crippen LogP contribution is 2.27. The van der Waals surface area contributed by atoms with Crippen LogP contribution < -0.4 is 5.32 Å². The van der Waals surface area contributed by atoms with E-state index in [1.807, 2.05) is 13.0 Å². The van der Waals surface area contributed by atoms with Gasteiger partial charge >= 0.3 is 0 Å². The van der Waals surface area contributed by atoms with E-state index in [0.717, 1.165) is 5.56 Å². The molecule has 6 heteroatoms. The van der Waals surface area contributed by atoms with Crippen LogP contribution in [0.25, 0.3) is 0 Å². The Balaban J connectivity index is 2.22. The topological polar surface area (TPSA) is 81.2 Å². The monoisotopic (exact) mass is 233 g/mol. The van der Waals surface area contributed by atoms with Crippen molar-refractivity contribution in [1.29, 1.82) is 0 Å². The number of nitro groups is 1. The summed E-state index contributed by atoms with van der Waals surface area (Å²) in [6, 6.07) is 6.65. The molecule has 0 bridgehead atoms. The molecule has 0 fully saturated rings. The third-order valence-electron chi connectivity index (χ3n) is 2.39. The molecule has 0 saturated carbocycles. The number of nitro benzene ring substituents is 1. The first-order valence-corrected chi connectivity index (χ1v) is 5.05. The van der Waals surface area contributed by atoms with Gasteiger partial charge in [-0.2, -0.15) is 0 Å². The summed E-state index contributed by atoms with van der Waals surface area (Å²) in [5.41, 5.74) is 2.10. The van der Waals surface area contributed by atoms with Crippen molar-refractivity contribution in [2.45, 2.75) is 13.5 Å². The lowest BCUT2D eigenvalue weighted by atomic mass is 10.1. The first kappa shape index (κ1) is 11.1. The van der Waals surface area contributed by atoms with Crippen molar-refractivity contribution in [1.82, 2.24) is 5.16 Å². The van der Waals surface area contributed by atoms with Gasteiger partial charge in [0.1, 0.15) is 17.6 Å². The highest BCUT2D eigenvalue weighted by molar-refractivity contribution is 5.65. The SMILES string of the molecule is Cc1cccc([N+](=O)[O-])c1NCc1ccon1. The first-order chi connectivity index (χ1) is 8.18. The molecule has 0 atom stereocenters. The number of hydrogen-bond acceptors (Lipinski definition) is 5. The lowest BCUT2D eigenvalue weighted by molar-refractivity contribution is -0.384. The van der Waals surface area contributed by atoms with E-state index >= 15 is 0 Å². The van der Waals surface area contributed by atoms with Gasteiger partial charge in [-0.3, -0.25) is 10.1 Å². The molecule has 0 spiro atoms. The predicted molar refractivity (Wildman–Crippen MR) is 61.7 cm³/mol. The van der Waals surface area contributed by atoms with Crippen LogP contribution in [0.3, 0.4) is 0 Å². The summed E-state index contributed by atoms with van der Waals surface area (Å²) in [6.45, 7) is 2.21. The number of hydrogen-bond donors (Lipinski definition) is 1. The Morgan fingerprint density at radius 1 is 1.47 bits per heavy atom. The molecule has 0 saturated heterocycles. The summed E-state index contributed by atoms with van der Waals surface area (Å²) in [5, 5.41) is 17.6. The Hall–Kier alpha value is -2.37. The molecular formula is C11H11N3O3. The molecule has 0 aliphatic rings. The predicted octanol–water partition coefficient (Wildman–Crippen LogP) is 2.50. The minimum atomic E-state index is -0.405. The van der Waals surface area contributed by atoms with Gasteiger partial charge in [0.25, 0.3) is 5.69 Å². The van der Waals surface area contributed by atoms with Crippen LogP contribution in [0.2, 0.25) is 0 Å². The minimum absolute atomic E-state index is 0.0634. The molecule has 0 radical (unpaired) electrons. The Bertz CT molecular complexity index is 523. The molecule has 0 amide bonds. The number of rotatable bonds is 4. The number of para-hydroxylation sites is 1. The van der Waals surface area contributed by atoms with Crippen molar-refractivity contribution in [3.63, 3.8) is 0 Å². The molecule has 2 rings (SSSR count). The molecule has 2 aromatic rings. The van der Waals surface area contributed by atoms with E-state index in [2.05, 4.69) is 15.0 Å². The van der Waals surface area contributed by atoms with E-state index in [-0.39, 0.29) is 5.69 Å². The summed E-state index contributed by atoms with van der Waals surface area (Å²) in [5.74, 6) is 0. The number of aryl methyl sites for hydroxylation is 1. The average Bonchev–Trinajstić information content (AvgIpc) is 2.80. The molecule has 88 valence electrons. The lowest BCUT2D eigenvalue weighted by Gasteiger charge is -2.08. The van der Waals surface area contributed by atoms with E-state index in [0.29, 0.717) is 17.9 Å². The van der Waals surface area contributed by atoms with Crippen LogP contribution >= 0.6 is 0 Å². The maximum atomic E-state index is 10.9. The number of nitrogens with zero attached hydrogens (tertiary/aromatic N) is 2. The van der Waals surface area contributed by atoms with Crippen molar-refractivity contribution in [3.8, 4) is 0 Å². The minimum Gasteiger partial charge on any atom is -0.373 e. The van der Waals surface area contributed by atoms with Gasteiger partial charge < -0.3 is 9.84 Å². The molecule has 17 heavy (non-hydrogen) atoms. The molecule has 1 N–H and O–H groups in total. The second-order valence-electron chi connectivity index (χ2n) is 3.57. The maximum absolute atomic E-state index is 10.9. The average molecular weight is 233 g/mol. The van der Waals surface area contributed by atoms with Gasteiger partial charge in [-0.15, -0.1) is 0 Å². The van der Waals surface area contributed by atoms with Gasteiger partial charge in [0, 0.05) is 12.1 Å². The fraction of sp³-hybridized carbons (Fsp3) is 0.182. The van der Waals surface area contributed by atoms with Crippen molar-refractivity contribution in [2.75, 3.05) is 5.32 Å². The summed E-state index contributed by atoms with van der Waals surface area (Å²) in [7, 11) is 0. The third kappa shape index (κ3) is 2.41. The van der Waals surface area contributed by atoms with Crippen molar-refractivity contribution >= 4 is 11.4 Å². The van der Waals surface area contributed by atoms with Crippen LogP contribution in [-0.2, 0) is 6.54 Å². The van der Waals surface area contributed by atoms with Crippen molar-refractivity contribution in [3.05, 3.63) is 51.9 Å². The number of aromatic nitrogens is 1. The Kier molecular flexibility index (Phi) is 3.04. The van der Waals surface area contributed by atoms with Crippen LogP contribution in [0.1, 0.15) is 11.3 Å². The van der Waals surface area contributed by atoms with E-state index in [1.54, 1.807) is 12.1 Å². The van der Waals surface area contributed by atoms with Gasteiger partial charge in [-0.1, -0.05) is 17.3 Å². The molecular weight excluding hydrogens is 222 g/mol. The molecule has 1 aromatic carbocycles. The fourth-order valence-corrected chi connectivity index (χ4v) is 1.54. The molecule has 0 unspecified atom stereocenters. The summed E-state index contributed by atoms with van der Waals surface area (Å²) < 4.78 is 4.69. The van der Waals surface area contributed by atoms with Crippen LogP contribution in [-0.4, -0.2) is 10.1 Å². The molecule has 6 nitrogen and oxygen atoms in total. The molecule has 0 aliphatic carbocycles. The first-order valence-electron chi connectivity index (χ1n) is 5.05. The summed E-state index contributed by atoms with van der Waals surface area (Å²) >= 11 is 0. The summed E-state index contributed by atoms with van der Waals surface area (Å²) in [6.07, 6.45) is 1.46. The quantitative estimate of drug-likeness (QED) is 0.648. The molecule has 1 heterocycles. The zero-order valence-electron chi connectivity index (χ0n) is 9.21. The zero-order chi connectivity index (χ0) is 12.3. The van der Waals surface area contributed by atoms with E-state index in [1.165, 1.54) is 12.3 Å². The lowest BCUT2D eigenvalue weighted by Crippen LogP contribution is -2.04. The van der Waals surface area contributed by atoms with Crippen LogP contribution in [0.4, 0.5) is 11.4 Å². The molecule has 0 aliphatic heterocycles. The maximum Gasteiger partial charge on any atom is 0.292 e. The standard InChI is InChI=1S/C11H11N3O3/c1-8-3-2-4-10(14(15)16)11(8)12-7-9-5-6-17-13-9/h2-6,12H,7H2,1H3. The Morgan fingerprint density at radius 3 is 2.94 bits per heavy atom. The smallest absolute Gasteiger partial charge is 0.292 e. The van der Waals surface area contributed by atoms with Gasteiger partial charge in [0.05, 0.1) is 11.5 Å². The Morgan fingerprint density at radius 2 is 2.29 bits per heavy atom. The summed E-state index contributed by atoms with van der Waals surface area (Å²) in [4.78, 5) is 10.5. The number of benzene rings is 1. The Labute approximate surface area is 97.4 Å². The normalized spacial score (nSPS) is 10.2. The second-order valence-corrected chi connectivity index (χ2v) is 3.57. The van der Waals surface area contributed by atoms with Crippen LogP contribution in [0.5, 0.6) is 0 Å². The number of anilines is 1. The zero-order valence-corrected chi connectivity index (χ0v) is 9.21. The van der Waals surface area contributed by atoms with Crippen molar-refractivity contribution in [2.24, 2.45) is 0 Å². The second kappa shape index (κ2) is 4.65.